The van der Waals surface area contributed by atoms with Gasteiger partial charge in [-0.05, 0) is 24.1 Å². The first-order valence-electron chi connectivity index (χ1n) is 9.49. The quantitative estimate of drug-likeness (QED) is 0.573. The lowest BCUT2D eigenvalue weighted by molar-refractivity contribution is -0.137. The molecule has 0 saturated carbocycles. The normalized spacial score (nSPS) is 15.6. The summed E-state index contributed by atoms with van der Waals surface area (Å²) in [5, 5.41) is 7.53. The molecule has 3 N–H and O–H groups in total. The molecule has 1 atom stereocenters. The van der Waals surface area contributed by atoms with Crippen molar-refractivity contribution in [1.82, 2.24) is 15.1 Å². The molecule has 1 aliphatic rings. The molecular formula is C21H19Cl2F3N4OS. The average Bonchev–Trinajstić information content (AvgIpc) is 3.06. The molecule has 1 amide bonds. The molecule has 3 rings (SSSR count). The number of nitrogens with one attached hydrogen (secondary N) is 1. The lowest BCUT2D eigenvalue weighted by Crippen LogP contribution is -2.43. The van der Waals surface area contributed by atoms with Gasteiger partial charge in [-0.15, -0.1) is 0 Å². The summed E-state index contributed by atoms with van der Waals surface area (Å²) in [4.78, 5) is 13.2. The van der Waals surface area contributed by atoms with Crippen molar-refractivity contribution in [1.29, 1.82) is 0 Å². The van der Waals surface area contributed by atoms with Gasteiger partial charge >= 0.3 is 6.18 Å². The van der Waals surface area contributed by atoms with Gasteiger partial charge < -0.3 is 11.1 Å². The molecular weight excluding hydrogens is 484 g/mol. The van der Waals surface area contributed by atoms with E-state index in [9.17, 15) is 18.0 Å². The zero-order valence-electron chi connectivity index (χ0n) is 16.8. The molecule has 2 aromatic rings. The minimum Gasteiger partial charge on any atom is -0.348 e. The maximum atomic E-state index is 13.0. The smallest absolute Gasteiger partial charge is 0.348 e. The Morgan fingerprint density at radius 2 is 2.09 bits per heavy atom. The molecule has 0 aliphatic heterocycles. The lowest BCUT2D eigenvalue weighted by atomic mass is 9.94. The van der Waals surface area contributed by atoms with Crippen LogP contribution in [0.15, 0.2) is 47.1 Å². The number of hydrogen-bond donors (Lipinski definition) is 2. The fraction of sp³-hybridized carbons (Fsp3) is 0.286. The van der Waals surface area contributed by atoms with Crippen LogP contribution >= 0.6 is 35.4 Å². The lowest BCUT2D eigenvalue weighted by Gasteiger charge is -2.22. The average molecular weight is 503 g/mol. The number of allylic oxidation sites excluding steroid dienone is 3. The number of aromatic nitrogens is 2. The topological polar surface area (TPSA) is 72.9 Å². The molecule has 0 spiro atoms. The Bertz CT molecular complexity index is 1100. The fourth-order valence-electron chi connectivity index (χ4n) is 3.39. The molecule has 0 unspecified atom stereocenters. The Hall–Kier alpha value is -2.20. The summed E-state index contributed by atoms with van der Waals surface area (Å²) < 4.78 is 40.4. The maximum Gasteiger partial charge on any atom is 0.416 e. The van der Waals surface area contributed by atoms with E-state index in [0.717, 1.165) is 12.1 Å². The second kappa shape index (κ2) is 9.74. The van der Waals surface area contributed by atoms with Crippen LogP contribution in [0.1, 0.15) is 23.2 Å². The van der Waals surface area contributed by atoms with Crippen LogP contribution in [0.4, 0.5) is 13.2 Å². The minimum absolute atomic E-state index is 0.0292. The molecule has 1 heterocycles. The number of rotatable bonds is 6. The van der Waals surface area contributed by atoms with E-state index < -0.39 is 23.7 Å². The van der Waals surface area contributed by atoms with Crippen LogP contribution in [0.5, 0.6) is 0 Å². The van der Waals surface area contributed by atoms with E-state index >= 15 is 0 Å². The van der Waals surface area contributed by atoms with E-state index in [1.165, 1.54) is 18.3 Å². The van der Waals surface area contributed by atoms with Gasteiger partial charge in [0.05, 0.1) is 28.0 Å². The summed E-state index contributed by atoms with van der Waals surface area (Å²) in [6.07, 6.45) is -1.16. The first kappa shape index (κ1) is 24.4. The summed E-state index contributed by atoms with van der Waals surface area (Å²) in [5.74, 6) is -0.495. The van der Waals surface area contributed by atoms with E-state index in [-0.39, 0.29) is 25.0 Å². The molecule has 5 nitrogen and oxygen atoms in total. The zero-order valence-corrected chi connectivity index (χ0v) is 19.2. The van der Waals surface area contributed by atoms with Gasteiger partial charge in [0, 0.05) is 41.5 Å². The largest absolute Gasteiger partial charge is 0.416 e. The van der Waals surface area contributed by atoms with Crippen molar-refractivity contribution in [2.75, 3.05) is 6.54 Å². The summed E-state index contributed by atoms with van der Waals surface area (Å²) >= 11 is 18.0. The predicted molar refractivity (Wildman–Crippen MR) is 122 cm³/mol. The number of carbonyl (C=O) groups is 1. The molecule has 0 radical (unpaired) electrons. The van der Waals surface area contributed by atoms with Crippen molar-refractivity contribution < 1.29 is 18.0 Å². The highest BCUT2D eigenvalue weighted by atomic mass is 35.5. The molecule has 11 heteroatoms. The van der Waals surface area contributed by atoms with Crippen molar-refractivity contribution in [3.05, 3.63) is 69.0 Å². The van der Waals surface area contributed by atoms with Crippen LogP contribution in [-0.2, 0) is 24.4 Å². The molecule has 32 heavy (non-hydrogen) atoms. The van der Waals surface area contributed by atoms with E-state index in [1.807, 2.05) is 0 Å². The number of benzene rings is 1. The van der Waals surface area contributed by atoms with Crippen molar-refractivity contribution in [2.24, 2.45) is 12.8 Å². The molecule has 1 aromatic carbocycles. The number of hydrogen-bond acceptors (Lipinski definition) is 4. The van der Waals surface area contributed by atoms with E-state index in [1.54, 1.807) is 17.8 Å². The zero-order chi connectivity index (χ0) is 23.6. The third-order valence-electron chi connectivity index (χ3n) is 4.98. The highest BCUT2D eigenvalue weighted by Crippen LogP contribution is 2.35. The standard InChI is InChI=1S/C21H19Cl2F3N4OS/c1-30-19(17(23)10-28-30)14-8-18(32)15(7-16(14)22)20(31)29-13(9-27)6-11-3-2-4-12(5-11)21(24,25)26/h2-5,7,10,13H,6,8-9,27H2,1H3,(H,29,31)/t13-/m0/s1. The number of carbonyl (C=O) groups excluding carboxylic acids is 1. The molecule has 0 bridgehead atoms. The number of aryl methyl sites for hydroxylation is 1. The molecule has 170 valence electrons. The van der Waals surface area contributed by atoms with Gasteiger partial charge in [0.15, 0.2) is 0 Å². The Balaban J connectivity index is 1.78. The summed E-state index contributed by atoms with van der Waals surface area (Å²) in [7, 11) is 1.72. The molecule has 1 aromatic heterocycles. The van der Waals surface area contributed by atoms with Crippen LogP contribution in [0.25, 0.3) is 5.57 Å². The van der Waals surface area contributed by atoms with Gasteiger partial charge in [0.25, 0.3) is 5.91 Å². The number of halogens is 5. The van der Waals surface area contributed by atoms with Gasteiger partial charge in [-0.1, -0.05) is 53.6 Å². The summed E-state index contributed by atoms with van der Waals surface area (Å²) in [6, 6.07) is 4.32. The van der Waals surface area contributed by atoms with Crippen LogP contribution in [0, 0.1) is 0 Å². The monoisotopic (exact) mass is 502 g/mol. The van der Waals surface area contributed by atoms with Crippen LogP contribution in [0.2, 0.25) is 5.02 Å². The van der Waals surface area contributed by atoms with Gasteiger partial charge in [-0.3, -0.25) is 9.48 Å². The number of nitrogens with two attached hydrogens (primary N) is 1. The van der Waals surface area contributed by atoms with Gasteiger partial charge in [-0.25, -0.2) is 0 Å². The number of nitrogens with zero attached hydrogens (tertiary/aromatic N) is 2. The number of thiocarbonyl (C=S) groups is 1. The highest BCUT2D eigenvalue weighted by molar-refractivity contribution is 7.81. The van der Waals surface area contributed by atoms with E-state index in [2.05, 4.69) is 10.4 Å². The number of amides is 1. The van der Waals surface area contributed by atoms with Crippen molar-refractivity contribution >= 4 is 51.8 Å². The van der Waals surface area contributed by atoms with Crippen molar-refractivity contribution in [3.63, 3.8) is 0 Å². The highest BCUT2D eigenvalue weighted by Gasteiger charge is 2.31. The molecule has 0 fully saturated rings. The Labute approximate surface area is 198 Å². The van der Waals surface area contributed by atoms with Gasteiger partial charge in [-0.2, -0.15) is 18.3 Å². The van der Waals surface area contributed by atoms with E-state index in [4.69, 9.17) is 41.2 Å². The van der Waals surface area contributed by atoms with Crippen LogP contribution in [0.3, 0.4) is 0 Å². The van der Waals surface area contributed by atoms with Crippen LogP contribution in [-0.4, -0.2) is 33.1 Å². The first-order chi connectivity index (χ1) is 15.0. The molecule has 1 aliphatic carbocycles. The van der Waals surface area contributed by atoms with Crippen molar-refractivity contribution in [2.45, 2.75) is 25.1 Å². The first-order valence-corrected chi connectivity index (χ1v) is 10.7. The Kier molecular flexibility index (Phi) is 7.44. The van der Waals surface area contributed by atoms with Gasteiger partial charge in [0.1, 0.15) is 0 Å². The third kappa shape index (κ3) is 5.40. The Morgan fingerprint density at radius 1 is 1.38 bits per heavy atom. The molecule has 0 saturated heterocycles. The second-order valence-corrected chi connectivity index (χ2v) is 8.56. The second-order valence-electron chi connectivity index (χ2n) is 7.26. The maximum absolute atomic E-state index is 13.0. The van der Waals surface area contributed by atoms with Crippen LogP contribution < -0.4 is 11.1 Å². The van der Waals surface area contributed by atoms with E-state index in [0.29, 0.717) is 31.7 Å². The summed E-state index contributed by atoms with van der Waals surface area (Å²) in [6.45, 7) is 0.0292. The Morgan fingerprint density at radius 3 is 2.69 bits per heavy atom. The van der Waals surface area contributed by atoms with Gasteiger partial charge in [0.2, 0.25) is 0 Å². The number of alkyl halides is 3. The fourth-order valence-corrected chi connectivity index (χ4v) is 4.23. The van der Waals surface area contributed by atoms with Crippen molar-refractivity contribution in [3.8, 4) is 0 Å². The third-order valence-corrected chi connectivity index (χ3v) is 5.96. The summed E-state index contributed by atoms with van der Waals surface area (Å²) in [5.41, 5.74) is 6.87. The minimum atomic E-state index is -4.45. The SMILES string of the molecule is Cn1ncc(Cl)c1C1=C(Cl)C=C(C(=O)N[C@H](CN)Cc2cccc(C(F)(F)F)c2)C(=S)C1. The predicted octanol–water partition coefficient (Wildman–Crippen LogP) is 4.43.